The number of ketones is 2. The molecule has 2 amide bonds. The maximum absolute atomic E-state index is 14.2. The summed E-state index contributed by atoms with van der Waals surface area (Å²) in [5.41, 5.74) is 4.49. The predicted octanol–water partition coefficient (Wildman–Crippen LogP) is 6.82. The molecule has 4 aromatic rings. The largest absolute Gasteiger partial charge is 0.508 e. The number of allylic oxidation sites excluding steroid dienone is 6. The van der Waals surface area contributed by atoms with Crippen molar-refractivity contribution in [2.45, 2.75) is 18.8 Å². The van der Waals surface area contributed by atoms with Crippen molar-refractivity contribution < 1.29 is 28.7 Å². The molecule has 0 radical (unpaired) electrons. The summed E-state index contributed by atoms with van der Waals surface area (Å²) in [7, 11) is 0. The molecule has 222 valence electrons. The zero-order chi connectivity index (χ0) is 31.1. The number of benzene rings is 3. The standard InChI is InChI=1S/C35H22BrClN2O6/c36-24-15-27(41)31-23(32(24)42)14-22-19(29(31)20-10-9-18(40)13-25(20)37)11-12-21-30(22)35(44)39(34(21)43)17-7-5-16(6-8-17)33-38-26-3-1-2-4-28(26)45-33/h1-11,13,15,21-22,29-30,40H,12,14H2. The van der Waals surface area contributed by atoms with Gasteiger partial charge in [0.2, 0.25) is 17.7 Å². The molecular weight excluding hydrogens is 660 g/mol. The van der Waals surface area contributed by atoms with Crippen molar-refractivity contribution in [2.24, 2.45) is 17.8 Å². The lowest BCUT2D eigenvalue weighted by atomic mass is 9.59. The molecule has 8 rings (SSSR count). The smallest absolute Gasteiger partial charge is 0.238 e. The Morgan fingerprint density at radius 1 is 0.956 bits per heavy atom. The van der Waals surface area contributed by atoms with E-state index in [1.807, 2.05) is 30.3 Å². The van der Waals surface area contributed by atoms with Crippen molar-refractivity contribution in [2.75, 3.05) is 4.90 Å². The topological polar surface area (TPSA) is 118 Å². The van der Waals surface area contributed by atoms with Crippen LogP contribution in [0, 0.1) is 17.8 Å². The molecule has 4 aliphatic rings. The van der Waals surface area contributed by atoms with Crippen LogP contribution < -0.4 is 4.90 Å². The first-order valence-electron chi connectivity index (χ1n) is 14.4. The van der Waals surface area contributed by atoms with E-state index in [1.54, 1.807) is 30.3 Å². The third-order valence-corrected chi connectivity index (χ3v) is 10.2. The van der Waals surface area contributed by atoms with Crippen LogP contribution in [0.2, 0.25) is 5.02 Å². The number of phenolic OH excluding ortho intramolecular Hbond substituents is 1. The molecule has 2 heterocycles. The van der Waals surface area contributed by atoms with Crippen LogP contribution in [0.4, 0.5) is 5.69 Å². The highest BCUT2D eigenvalue weighted by atomic mass is 79.9. The van der Waals surface area contributed by atoms with Gasteiger partial charge in [0.25, 0.3) is 0 Å². The van der Waals surface area contributed by atoms with E-state index in [0.717, 1.165) is 11.1 Å². The Balaban J connectivity index is 1.17. The monoisotopic (exact) mass is 680 g/mol. The van der Waals surface area contributed by atoms with E-state index in [4.69, 9.17) is 16.0 Å². The Labute approximate surface area is 269 Å². The highest BCUT2D eigenvalue weighted by Crippen LogP contribution is 2.56. The van der Waals surface area contributed by atoms with Gasteiger partial charge in [-0.25, -0.2) is 4.98 Å². The third kappa shape index (κ3) is 4.21. The number of halogens is 2. The van der Waals surface area contributed by atoms with Gasteiger partial charge in [-0.3, -0.25) is 24.1 Å². The minimum absolute atomic E-state index is 0.0361. The SMILES string of the molecule is O=C1C=C(Br)C(=O)C2=C1C(c1ccc(O)cc1Cl)C1=CCC3C(=O)N(c4ccc(-c5nc6ccccc6o5)cc4)C(=O)C3C1C2. The van der Waals surface area contributed by atoms with Crippen molar-refractivity contribution in [3.05, 3.63) is 111 Å². The van der Waals surface area contributed by atoms with Gasteiger partial charge in [0.05, 0.1) is 22.0 Å². The van der Waals surface area contributed by atoms with E-state index in [9.17, 15) is 24.3 Å². The second-order valence-corrected chi connectivity index (χ2v) is 12.9. The molecule has 0 saturated carbocycles. The molecule has 8 nitrogen and oxygen atoms in total. The van der Waals surface area contributed by atoms with Crippen LogP contribution in [0.5, 0.6) is 5.75 Å². The summed E-state index contributed by atoms with van der Waals surface area (Å²) in [5, 5.41) is 10.3. The molecule has 4 unspecified atom stereocenters. The van der Waals surface area contributed by atoms with Crippen LogP contribution >= 0.6 is 27.5 Å². The number of nitrogens with zero attached hydrogens (tertiary/aromatic N) is 2. The number of anilines is 1. The number of oxazole rings is 1. The van der Waals surface area contributed by atoms with Crippen LogP contribution in [0.1, 0.15) is 24.3 Å². The van der Waals surface area contributed by atoms with Crippen LogP contribution in [0.15, 0.2) is 105 Å². The van der Waals surface area contributed by atoms with Gasteiger partial charge in [-0.2, -0.15) is 0 Å². The zero-order valence-electron chi connectivity index (χ0n) is 23.4. The first kappa shape index (κ1) is 27.9. The zero-order valence-corrected chi connectivity index (χ0v) is 25.7. The molecule has 1 aliphatic heterocycles. The van der Waals surface area contributed by atoms with E-state index < -0.39 is 23.7 Å². The van der Waals surface area contributed by atoms with Crippen LogP contribution in [0.3, 0.4) is 0 Å². The van der Waals surface area contributed by atoms with Crippen molar-refractivity contribution in [1.82, 2.24) is 4.98 Å². The summed E-state index contributed by atoms with van der Waals surface area (Å²) >= 11 is 9.85. The minimum Gasteiger partial charge on any atom is -0.508 e. The van der Waals surface area contributed by atoms with Gasteiger partial charge in [-0.1, -0.05) is 41.4 Å². The van der Waals surface area contributed by atoms with E-state index >= 15 is 0 Å². The quantitative estimate of drug-likeness (QED) is 0.143. The molecule has 0 spiro atoms. The fourth-order valence-electron chi connectivity index (χ4n) is 7.32. The lowest BCUT2D eigenvalue weighted by molar-refractivity contribution is -0.123. The average Bonchev–Trinajstić information content (AvgIpc) is 3.58. The molecule has 4 atom stereocenters. The average molecular weight is 682 g/mol. The van der Waals surface area contributed by atoms with E-state index in [1.165, 1.54) is 23.1 Å². The Morgan fingerprint density at radius 2 is 1.73 bits per heavy atom. The number of imide groups is 1. The van der Waals surface area contributed by atoms with Gasteiger partial charge >= 0.3 is 0 Å². The fraction of sp³-hybridized carbons (Fsp3) is 0.171. The lowest BCUT2D eigenvalue weighted by Gasteiger charge is -2.42. The number of Topliss-reactive ketones (excluding diaryl/α,β-unsaturated/α-hetero) is 1. The highest BCUT2D eigenvalue weighted by Gasteiger charge is 2.56. The molecule has 45 heavy (non-hydrogen) atoms. The minimum atomic E-state index is -0.728. The Kier molecular flexibility index (Phi) is 6.34. The molecule has 1 aromatic heterocycles. The highest BCUT2D eigenvalue weighted by molar-refractivity contribution is 9.12. The third-order valence-electron chi connectivity index (χ3n) is 9.29. The molecule has 1 fully saturated rings. The molecule has 1 N–H and O–H groups in total. The second-order valence-electron chi connectivity index (χ2n) is 11.6. The number of para-hydroxylation sites is 2. The molecule has 3 aromatic carbocycles. The maximum Gasteiger partial charge on any atom is 0.238 e. The fourth-order valence-corrected chi connectivity index (χ4v) is 8.05. The van der Waals surface area contributed by atoms with Crippen LogP contribution in [0.25, 0.3) is 22.6 Å². The molecule has 0 bridgehead atoms. The van der Waals surface area contributed by atoms with Gasteiger partial charge in [0.15, 0.2) is 17.1 Å². The van der Waals surface area contributed by atoms with E-state index in [2.05, 4.69) is 20.9 Å². The van der Waals surface area contributed by atoms with Gasteiger partial charge in [-0.15, -0.1) is 0 Å². The Hall–Kier alpha value is -4.60. The number of aromatic hydroxyl groups is 1. The summed E-state index contributed by atoms with van der Waals surface area (Å²) < 4.78 is 6.02. The first-order chi connectivity index (χ1) is 21.7. The number of phenols is 1. The lowest BCUT2D eigenvalue weighted by Crippen LogP contribution is -2.39. The number of fused-ring (bicyclic) bond motifs is 4. The molecule has 3 aliphatic carbocycles. The summed E-state index contributed by atoms with van der Waals surface area (Å²) in [6.07, 6.45) is 3.64. The summed E-state index contributed by atoms with van der Waals surface area (Å²) in [6.45, 7) is 0. The Bertz CT molecular complexity index is 2080. The molecule has 10 heteroatoms. The maximum atomic E-state index is 14.2. The number of hydrogen-bond acceptors (Lipinski definition) is 7. The van der Waals surface area contributed by atoms with E-state index in [-0.39, 0.29) is 45.1 Å². The Morgan fingerprint density at radius 3 is 2.49 bits per heavy atom. The summed E-state index contributed by atoms with van der Waals surface area (Å²) in [5.74, 6) is -3.45. The molecule has 1 saturated heterocycles. The second kappa shape index (κ2) is 10.2. The van der Waals surface area contributed by atoms with Crippen LogP contribution in [-0.4, -0.2) is 33.5 Å². The summed E-state index contributed by atoms with van der Waals surface area (Å²) in [4.78, 5) is 60.6. The summed E-state index contributed by atoms with van der Waals surface area (Å²) in [6, 6.07) is 18.9. The van der Waals surface area contributed by atoms with E-state index in [0.29, 0.717) is 45.9 Å². The molecular formula is C35H22BrClN2O6. The number of hydrogen-bond donors (Lipinski definition) is 1. The number of aromatic nitrogens is 1. The number of rotatable bonds is 3. The van der Waals surface area contributed by atoms with Crippen LogP contribution in [-0.2, 0) is 19.2 Å². The normalized spacial score (nSPS) is 24.4. The van der Waals surface area contributed by atoms with Gasteiger partial charge in [0.1, 0.15) is 11.3 Å². The number of carbonyl (C=O) groups is 4. The van der Waals surface area contributed by atoms with Gasteiger partial charge < -0.3 is 9.52 Å². The van der Waals surface area contributed by atoms with Crippen molar-refractivity contribution in [1.29, 1.82) is 0 Å². The number of carbonyl (C=O) groups excluding carboxylic acids is 4. The van der Waals surface area contributed by atoms with Crippen molar-refractivity contribution >= 4 is 67.7 Å². The number of amides is 2. The van der Waals surface area contributed by atoms with Crippen molar-refractivity contribution in [3.63, 3.8) is 0 Å². The van der Waals surface area contributed by atoms with Gasteiger partial charge in [-0.05, 0) is 88.8 Å². The first-order valence-corrected chi connectivity index (χ1v) is 15.6. The predicted molar refractivity (Wildman–Crippen MR) is 170 cm³/mol. The van der Waals surface area contributed by atoms with Crippen molar-refractivity contribution in [3.8, 4) is 17.2 Å². The van der Waals surface area contributed by atoms with Gasteiger partial charge in [0, 0.05) is 33.7 Å².